The average molecular weight is 551 g/mol. The first-order valence-corrected chi connectivity index (χ1v) is 12.7. The van der Waals surface area contributed by atoms with E-state index in [1.54, 1.807) is 42.5 Å². The fourth-order valence-electron chi connectivity index (χ4n) is 3.28. The number of aliphatic hydroxyl groups excluding tert-OH is 2. The summed E-state index contributed by atoms with van der Waals surface area (Å²) in [6.07, 6.45) is -1.17. The Bertz CT molecular complexity index is 1070. The topological polar surface area (TPSA) is 135 Å². The van der Waals surface area contributed by atoms with E-state index in [-0.39, 0.29) is 37.1 Å². The van der Waals surface area contributed by atoms with Gasteiger partial charge in [-0.1, -0.05) is 35.5 Å². The molecule has 0 saturated heterocycles. The fourth-order valence-corrected chi connectivity index (χ4v) is 3.28. The number of halogens is 1. The van der Waals surface area contributed by atoms with E-state index in [0.717, 1.165) is 0 Å². The highest BCUT2D eigenvalue weighted by molar-refractivity contribution is 5.60. The molecule has 0 amide bonds. The maximum Gasteiger partial charge on any atom is 0.261 e. The van der Waals surface area contributed by atoms with Gasteiger partial charge in [0, 0.05) is 11.1 Å². The van der Waals surface area contributed by atoms with Crippen molar-refractivity contribution in [2.24, 2.45) is 0 Å². The van der Waals surface area contributed by atoms with E-state index in [0.29, 0.717) is 70.6 Å². The van der Waals surface area contributed by atoms with Crippen molar-refractivity contribution in [3.63, 3.8) is 0 Å². The van der Waals surface area contributed by atoms with Crippen molar-refractivity contribution >= 4 is 0 Å². The van der Waals surface area contributed by atoms with Gasteiger partial charge in [-0.05, 0) is 18.2 Å². The zero-order chi connectivity index (χ0) is 27.5. The first-order valence-electron chi connectivity index (χ1n) is 12.7. The van der Waals surface area contributed by atoms with Gasteiger partial charge in [-0.2, -0.15) is 4.98 Å². The standard InChI is InChI=1S/C27H35FN2O9/c28-24-7-2-1-6-23(24)26-29-25(30-39-26)21-4-3-5-22(20-21)27(32)38-19-18-37-17-16-36-15-14-35-13-12-34-11-10-33-9-8-31/h1-7,20,27,31-32H,8-19H2. The van der Waals surface area contributed by atoms with Gasteiger partial charge in [0.25, 0.3) is 5.89 Å². The number of ether oxygens (including phenoxy) is 6. The van der Waals surface area contributed by atoms with Crippen molar-refractivity contribution in [2.75, 3.05) is 79.3 Å². The molecular formula is C27H35FN2O9. The van der Waals surface area contributed by atoms with Crippen molar-refractivity contribution in [3.05, 3.63) is 59.9 Å². The predicted molar refractivity (Wildman–Crippen MR) is 137 cm³/mol. The Morgan fingerprint density at radius 1 is 0.744 bits per heavy atom. The van der Waals surface area contributed by atoms with E-state index in [1.165, 1.54) is 6.07 Å². The van der Waals surface area contributed by atoms with Gasteiger partial charge < -0.3 is 43.2 Å². The van der Waals surface area contributed by atoms with Crippen LogP contribution in [-0.4, -0.2) is 99.6 Å². The van der Waals surface area contributed by atoms with Crippen molar-refractivity contribution < 1.29 is 47.5 Å². The van der Waals surface area contributed by atoms with Gasteiger partial charge in [-0.25, -0.2) is 4.39 Å². The second kappa shape index (κ2) is 18.5. The lowest BCUT2D eigenvalue weighted by molar-refractivity contribution is -0.117. The third-order valence-electron chi connectivity index (χ3n) is 5.19. The van der Waals surface area contributed by atoms with Gasteiger partial charge >= 0.3 is 0 Å². The van der Waals surface area contributed by atoms with Gasteiger partial charge in [-0.3, -0.25) is 0 Å². The summed E-state index contributed by atoms with van der Waals surface area (Å²) in [5, 5.41) is 22.9. The van der Waals surface area contributed by atoms with Crippen LogP contribution in [0.15, 0.2) is 53.1 Å². The largest absolute Gasteiger partial charge is 0.394 e. The smallest absolute Gasteiger partial charge is 0.261 e. The molecule has 0 radical (unpaired) electrons. The zero-order valence-electron chi connectivity index (χ0n) is 21.7. The van der Waals surface area contributed by atoms with Crippen LogP contribution in [0, 0.1) is 5.82 Å². The van der Waals surface area contributed by atoms with Gasteiger partial charge in [0.1, 0.15) is 5.82 Å². The van der Waals surface area contributed by atoms with Gasteiger partial charge in [0.15, 0.2) is 6.29 Å². The molecule has 214 valence electrons. The van der Waals surface area contributed by atoms with Crippen LogP contribution in [0.25, 0.3) is 22.8 Å². The Labute approximate surface area is 226 Å². The normalized spacial score (nSPS) is 12.2. The summed E-state index contributed by atoms with van der Waals surface area (Å²) < 4.78 is 51.3. The molecule has 1 atom stereocenters. The molecule has 2 aromatic carbocycles. The van der Waals surface area contributed by atoms with Crippen molar-refractivity contribution in [3.8, 4) is 22.8 Å². The molecular weight excluding hydrogens is 515 g/mol. The number of aromatic nitrogens is 2. The lowest BCUT2D eigenvalue weighted by Gasteiger charge is -2.13. The van der Waals surface area contributed by atoms with Crippen LogP contribution < -0.4 is 0 Å². The molecule has 0 aliphatic carbocycles. The molecule has 1 heterocycles. The molecule has 2 N–H and O–H groups in total. The molecule has 1 aromatic heterocycles. The lowest BCUT2D eigenvalue weighted by Crippen LogP contribution is -2.14. The van der Waals surface area contributed by atoms with E-state index in [2.05, 4.69) is 10.1 Å². The summed E-state index contributed by atoms with van der Waals surface area (Å²) in [5.41, 5.74) is 1.32. The Balaban J connectivity index is 1.23. The summed E-state index contributed by atoms with van der Waals surface area (Å²) >= 11 is 0. The van der Waals surface area contributed by atoms with Crippen molar-refractivity contribution in [1.82, 2.24) is 10.1 Å². The summed E-state index contributed by atoms with van der Waals surface area (Å²) in [4.78, 5) is 4.27. The van der Waals surface area contributed by atoms with Crippen molar-refractivity contribution in [1.29, 1.82) is 0 Å². The molecule has 12 heteroatoms. The SMILES string of the molecule is OCCOCCOCCOCCOCCOCCOC(O)c1cccc(-c2noc(-c3ccccc3F)n2)c1. The Kier molecular flexibility index (Phi) is 14.6. The molecule has 3 rings (SSSR count). The highest BCUT2D eigenvalue weighted by Crippen LogP contribution is 2.26. The van der Waals surface area contributed by atoms with E-state index in [9.17, 15) is 9.50 Å². The van der Waals surface area contributed by atoms with Crippen molar-refractivity contribution in [2.45, 2.75) is 6.29 Å². The van der Waals surface area contributed by atoms with E-state index in [4.69, 9.17) is 38.1 Å². The van der Waals surface area contributed by atoms with Crippen LogP contribution in [0.5, 0.6) is 0 Å². The quantitative estimate of drug-likeness (QED) is 0.150. The maximum absolute atomic E-state index is 14.0. The molecule has 3 aromatic rings. The van der Waals surface area contributed by atoms with Gasteiger partial charge in [-0.15, -0.1) is 0 Å². The zero-order valence-corrected chi connectivity index (χ0v) is 21.7. The molecule has 0 bridgehead atoms. The van der Waals surface area contributed by atoms with Crippen LogP contribution in [-0.2, 0) is 28.4 Å². The molecule has 0 aliphatic heterocycles. The minimum absolute atomic E-state index is 0.00747. The molecule has 0 saturated carbocycles. The molecule has 0 spiro atoms. The van der Waals surface area contributed by atoms with Crippen LogP contribution in [0.3, 0.4) is 0 Å². The summed E-state index contributed by atoms with van der Waals surface area (Å²) in [5.74, 6) is -0.116. The first-order chi connectivity index (χ1) is 19.2. The van der Waals surface area contributed by atoms with Gasteiger partial charge in [0.05, 0.1) is 84.8 Å². The molecule has 39 heavy (non-hydrogen) atoms. The average Bonchev–Trinajstić information content (AvgIpc) is 3.45. The van der Waals surface area contributed by atoms with Crippen LogP contribution in [0.4, 0.5) is 4.39 Å². The number of hydrogen-bond acceptors (Lipinski definition) is 11. The number of hydrogen-bond donors (Lipinski definition) is 2. The molecule has 11 nitrogen and oxygen atoms in total. The monoisotopic (exact) mass is 550 g/mol. The third kappa shape index (κ3) is 11.4. The Hall–Kier alpha value is -2.81. The number of rotatable bonds is 21. The second-order valence-electron chi connectivity index (χ2n) is 8.04. The number of benzene rings is 2. The van der Waals surface area contributed by atoms with E-state index in [1.807, 2.05) is 0 Å². The minimum atomic E-state index is -1.17. The lowest BCUT2D eigenvalue weighted by atomic mass is 10.1. The van der Waals surface area contributed by atoms with Crippen LogP contribution in [0.2, 0.25) is 0 Å². The fraction of sp³-hybridized carbons (Fsp3) is 0.481. The predicted octanol–water partition coefficient (Wildman–Crippen LogP) is 2.63. The minimum Gasteiger partial charge on any atom is -0.394 e. The number of nitrogens with zero attached hydrogens (tertiary/aromatic N) is 2. The Morgan fingerprint density at radius 2 is 1.33 bits per heavy atom. The summed E-state index contributed by atoms with van der Waals surface area (Å²) in [7, 11) is 0. The molecule has 0 fully saturated rings. The molecule has 0 aliphatic rings. The van der Waals surface area contributed by atoms with Gasteiger partial charge in [0.2, 0.25) is 5.82 Å². The highest BCUT2D eigenvalue weighted by atomic mass is 19.1. The second-order valence-corrected chi connectivity index (χ2v) is 8.04. The summed E-state index contributed by atoms with van der Waals surface area (Å²) in [6, 6.07) is 13.0. The summed E-state index contributed by atoms with van der Waals surface area (Å²) in [6.45, 7) is 4.31. The third-order valence-corrected chi connectivity index (χ3v) is 5.19. The highest BCUT2D eigenvalue weighted by Gasteiger charge is 2.15. The van der Waals surface area contributed by atoms with E-state index >= 15 is 0 Å². The number of aliphatic hydroxyl groups is 2. The van der Waals surface area contributed by atoms with E-state index < -0.39 is 12.1 Å². The molecule has 1 unspecified atom stereocenters. The Morgan fingerprint density at radius 3 is 1.95 bits per heavy atom. The van der Waals surface area contributed by atoms with Crippen LogP contribution >= 0.6 is 0 Å². The maximum atomic E-state index is 14.0. The van der Waals surface area contributed by atoms with Crippen LogP contribution in [0.1, 0.15) is 11.9 Å². The first kappa shape index (κ1) is 30.7.